The van der Waals surface area contributed by atoms with Gasteiger partial charge in [-0.2, -0.15) is 0 Å². The van der Waals surface area contributed by atoms with Crippen LogP contribution in [0.4, 0.5) is 4.39 Å². The van der Waals surface area contributed by atoms with Crippen LogP contribution in [-0.2, 0) is 4.43 Å². The normalized spacial score (nSPS) is 11.9. The molecule has 1 aromatic rings. The van der Waals surface area contributed by atoms with E-state index < -0.39 is 13.9 Å². The molecule has 1 nitrogen and oxygen atoms in total. The summed E-state index contributed by atoms with van der Waals surface area (Å²) in [7, 11) is -1.63. The van der Waals surface area contributed by atoms with Crippen molar-refractivity contribution in [1.82, 2.24) is 0 Å². The van der Waals surface area contributed by atoms with Crippen molar-refractivity contribution in [3.63, 3.8) is 0 Å². The molecule has 1 aromatic carbocycles. The van der Waals surface area contributed by atoms with Crippen molar-refractivity contribution in [1.29, 1.82) is 0 Å². The highest BCUT2D eigenvalue weighted by Gasteiger charge is 2.25. The zero-order valence-corrected chi connectivity index (χ0v) is 13.0. The molecule has 18 heavy (non-hydrogen) atoms. The molecule has 1 rings (SSSR count). The van der Waals surface area contributed by atoms with E-state index in [1.54, 1.807) is 13.0 Å². The van der Waals surface area contributed by atoms with E-state index in [9.17, 15) is 4.39 Å². The van der Waals surface area contributed by atoms with Crippen molar-refractivity contribution in [2.24, 2.45) is 0 Å². The van der Waals surface area contributed by atoms with E-state index in [1.807, 2.05) is 19.9 Å². The summed E-state index contributed by atoms with van der Waals surface area (Å²) in [5, 5.41) is 0. The van der Waals surface area contributed by atoms with Crippen LogP contribution in [0.1, 0.15) is 25.0 Å². The van der Waals surface area contributed by atoms with Gasteiger partial charge in [-0.3, -0.25) is 0 Å². The average molecular weight is 264 g/mol. The van der Waals surface area contributed by atoms with E-state index in [1.165, 1.54) is 6.07 Å². The van der Waals surface area contributed by atoms with E-state index >= 15 is 0 Å². The standard InChI is InChI=1S/C15H21FOSi/c1-12-7-8-13(11-14(12)16)9-10-15(2,3)17-18(4,5)6/h7-8,11H,1-6H3. The molecule has 0 spiro atoms. The first-order valence-electron chi connectivity index (χ1n) is 6.09. The Bertz CT molecular complexity index is 489. The number of halogens is 1. The highest BCUT2D eigenvalue weighted by Crippen LogP contribution is 2.16. The Labute approximate surface area is 110 Å². The quantitative estimate of drug-likeness (QED) is 0.577. The molecule has 0 aromatic heterocycles. The molecule has 0 aliphatic rings. The summed E-state index contributed by atoms with van der Waals surface area (Å²) >= 11 is 0. The minimum atomic E-state index is -1.63. The first-order chi connectivity index (χ1) is 8.09. The molecule has 0 aliphatic heterocycles. The monoisotopic (exact) mass is 264 g/mol. The Morgan fingerprint density at radius 3 is 2.33 bits per heavy atom. The van der Waals surface area contributed by atoms with Gasteiger partial charge in [-0.1, -0.05) is 17.9 Å². The molecule has 0 amide bonds. The highest BCUT2D eigenvalue weighted by atomic mass is 28.4. The lowest BCUT2D eigenvalue weighted by Crippen LogP contribution is -2.37. The molecule has 0 radical (unpaired) electrons. The molecule has 0 saturated carbocycles. The van der Waals surface area contributed by atoms with Gasteiger partial charge in [-0.25, -0.2) is 4.39 Å². The Morgan fingerprint density at radius 2 is 1.83 bits per heavy atom. The van der Waals surface area contributed by atoms with Crippen LogP contribution in [-0.4, -0.2) is 13.9 Å². The predicted octanol–water partition coefficient (Wildman–Crippen LogP) is 4.12. The zero-order chi connectivity index (χ0) is 14.0. The van der Waals surface area contributed by atoms with Gasteiger partial charge in [0.1, 0.15) is 11.4 Å². The van der Waals surface area contributed by atoms with E-state index in [-0.39, 0.29) is 5.82 Å². The van der Waals surface area contributed by atoms with E-state index in [2.05, 4.69) is 31.5 Å². The van der Waals surface area contributed by atoms with Gasteiger partial charge in [0.2, 0.25) is 0 Å². The smallest absolute Gasteiger partial charge is 0.185 e. The van der Waals surface area contributed by atoms with Crippen LogP contribution >= 0.6 is 0 Å². The molecule has 0 heterocycles. The summed E-state index contributed by atoms with van der Waals surface area (Å²) in [5.74, 6) is 5.84. The summed E-state index contributed by atoms with van der Waals surface area (Å²) in [6.45, 7) is 12.0. The molecule has 0 aliphatic carbocycles. The summed E-state index contributed by atoms with van der Waals surface area (Å²) in [6, 6.07) is 5.04. The lowest BCUT2D eigenvalue weighted by molar-refractivity contribution is 0.164. The van der Waals surface area contributed by atoms with Gasteiger partial charge in [0.25, 0.3) is 0 Å². The van der Waals surface area contributed by atoms with Gasteiger partial charge in [0.15, 0.2) is 8.32 Å². The molecular weight excluding hydrogens is 243 g/mol. The Morgan fingerprint density at radius 1 is 1.22 bits per heavy atom. The second kappa shape index (κ2) is 5.25. The highest BCUT2D eigenvalue weighted by molar-refractivity contribution is 6.69. The van der Waals surface area contributed by atoms with Crippen molar-refractivity contribution in [2.75, 3.05) is 0 Å². The fourth-order valence-corrected chi connectivity index (χ4v) is 3.27. The Balaban J connectivity index is 2.90. The third kappa shape index (κ3) is 5.03. The zero-order valence-electron chi connectivity index (χ0n) is 12.0. The van der Waals surface area contributed by atoms with Crippen molar-refractivity contribution >= 4 is 8.32 Å². The van der Waals surface area contributed by atoms with Crippen LogP contribution in [0.2, 0.25) is 19.6 Å². The minimum absolute atomic E-state index is 0.217. The third-order valence-corrected chi connectivity index (χ3v) is 3.36. The first kappa shape index (κ1) is 14.9. The SMILES string of the molecule is Cc1ccc(C#CC(C)(C)O[Si](C)(C)C)cc1F. The van der Waals surface area contributed by atoms with Crippen molar-refractivity contribution in [3.8, 4) is 11.8 Å². The van der Waals surface area contributed by atoms with Gasteiger partial charge >= 0.3 is 0 Å². The Kier molecular flexibility index (Phi) is 4.36. The van der Waals surface area contributed by atoms with Crippen LogP contribution < -0.4 is 0 Å². The van der Waals surface area contributed by atoms with Gasteiger partial charge in [-0.15, -0.1) is 0 Å². The largest absolute Gasteiger partial charge is 0.402 e. The third-order valence-electron chi connectivity index (χ3n) is 2.24. The summed E-state index contributed by atoms with van der Waals surface area (Å²) in [4.78, 5) is 0. The van der Waals surface area contributed by atoms with Gasteiger partial charge in [-0.05, 0) is 58.1 Å². The molecule has 3 heteroatoms. The minimum Gasteiger partial charge on any atom is -0.402 e. The van der Waals surface area contributed by atoms with Crippen LogP contribution in [0.15, 0.2) is 18.2 Å². The number of hydrogen-bond acceptors (Lipinski definition) is 1. The fourth-order valence-electron chi connectivity index (χ4n) is 1.68. The van der Waals surface area contributed by atoms with E-state index in [0.717, 1.165) is 0 Å². The molecule has 0 atom stereocenters. The Hall–Kier alpha value is -1.11. The molecule has 0 saturated heterocycles. The predicted molar refractivity (Wildman–Crippen MR) is 76.5 cm³/mol. The second-order valence-electron chi connectivity index (χ2n) is 5.94. The van der Waals surface area contributed by atoms with E-state index in [4.69, 9.17) is 4.43 Å². The van der Waals surface area contributed by atoms with Crippen LogP contribution in [0.5, 0.6) is 0 Å². The fraction of sp³-hybridized carbons (Fsp3) is 0.467. The number of hydrogen-bond donors (Lipinski definition) is 0. The molecular formula is C15H21FOSi. The van der Waals surface area contributed by atoms with Crippen molar-refractivity contribution in [2.45, 2.75) is 46.0 Å². The number of aryl methyl sites for hydroxylation is 1. The average Bonchev–Trinajstić information content (AvgIpc) is 2.16. The summed E-state index contributed by atoms with van der Waals surface area (Å²) in [5.41, 5.74) is 0.828. The number of benzene rings is 1. The molecule has 0 fully saturated rings. The first-order valence-corrected chi connectivity index (χ1v) is 9.49. The molecule has 98 valence electrons. The number of rotatable bonds is 2. The topological polar surface area (TPSA) is 9.23 Å². The van der Waals surface area contributed by atoms with Gasteiger partial charge in [0.05, 0.1) is 0 Å². The lowest BCUT2D eigenvalue weighted by atomic mass is 10.1. The summed E-state index contributed by atoms with van der Waals surface area (Å²) < 4.78 is 19.4. The maximum absolute atomic E-state index is 13.4. The van der Waals surface area contributed by atoms with Crippen LogP contribution in [0, 0.1) is 24.6 Å². The second-order valence-corrected chi connectivity index (χ2v) is 10.4. The molecule has 0 N–H and O–H groups in total. The molecule has 0 bridgehead atoms. The maximum atomic E-state index is 13.4. The van der Waals surface area contributed by atoms with Crippen molar-refractivity contribution in [3.05, 3.63) is 35.1 Å². The maximum Gasteiger partial charge on any atom is 0.185 e. The van der Waals surface area contributed by atoms with Crippen molar-refractivity contribution < 1.29 is 8.82 Å². The van der Waals surface area contributed by atoms with Gasteiger partial charge in [0, 0.05) is 5.56 Å². The lowest BCUT2D eigenvalue weighted by Gasteiger charge is -2.28. The van der Waals surface area contributed by atoms with Crippen LogP contribution in [0.25, 0.3) is 0 Å². The summed E-state index contributed by atoms with van der Waals surface area (Å²) in [6.07, 6.45) is 0. The van der Waals surface area contributed by atoms with Gasteiger partial charge < -0.3 is 4.43 Å². The van der Waals surface area contributed by atoms with Crippen LogP contribution in [0.3, 0.4) is 0 Å². The molecule has 0 unspecified atom stereocenters. The van der Waals surface area contributed by atoms with E-state index in [0.29, 0.717) is 11.1 Å².